The number of methoxy groups -OCH3 is 1. The number of amides is 1. The first-order valence-corrected chi connectivity index (χ1v) is 6.99. The summed E-state index contributed by atoms with van der Waals surface area (Å²) in [6, 6.07) is 9.12. The lowest BCUT2D eigenvalue weighted by atomic mass is 10.1. The number of anilines is 1. The zero-order valence-electron chi connectivity index (χ0n) is 12.8. The van der Waals surface area contributed by atoms with E-state index in [4.69, 9.17) is 9.47 Å². The van der Waals surface area contributed by atoms with E-state index in [0.717, 1.165) is 6.07 Å². The van der Waals surface area contributed by atoms with Crippen molar-refractivity contribution in [2.75, 3.05) is 25.6 Å². The smallest absolute Gasteiger partial charge is 0.282 e. The summed E-state index contributed by atoms with van der Waals surface area (Å²) >= 11 is 0. The van der Waals surface area contributed by atoms with Crippen molar-refractivity contribution in [3.05, 3.63) is 64.0 Å². The maximum absolute atomic E-state index is 13.5. The molecule has 0 unspecified atom stereocenters. The fourth-order valence-corrected chi connectivity index (χ4v) is 1.98. The highest BCUT2D eigenvalue weighted by Gasteiger charge is 2.20. The number of para-hydroxylation sites is 1. The van der Waals surface area contributed by atoms with Crippen molar-refractivity contribution in [2.24, 2.45) is 0 Å². The Bertz CT molecular complexity index is 751. The molecule has 1 amide bonds. The summed E-state index contributed by atoms with van der Waals surface area (Å²) in [5.41, 5.74) is -0.392. The summed E-state index contributed by atoms with van der Waals surface area (Å²) in [5.74, 6) is -1.07. The van der Waals surface area contributed by atoms with Crippen LogP contribution in [-0.2, 0) is 4.74 Å². The summed E-state index contributed by atoms with van der Waals surface area (Å²) in [4.78, 5) is 22.7. The molecule has 2 aromatic rings. The summed E-state index contributed by atoms with van der Waals surface area (Å²) in [7, 11) is 1.51. The average molecular weight is 334 g/mol. The number of nitro groups is 1. The minimum atomic E-state index is -0.732. The van der Waals surface area contributed by atoms with E-state index >= 15 is 0 Å². The molecule has 0 aliphatic carbocycles. The maximum atomic E-state index is 13.5. The first-order chi connectivity index (χ1) is 11.5. The molecule has 0 radical (unpaired) electrons. The third kappa shape index (κ3) is 4.26. The van der Waals surface area contributed by atoms with Crippen LogP contribution in [0.25, 0.3) is 0 Å². The fraction of sp³-hybridized carbons (Fsp3) is 0.188. The van der Waals surface area contributed by atoms with Gasteiger partial charge in [0, 0.05) is 19.2 Å². The second kappa shape index (κ2) is 8.02. The van der Waals surface area contributed by atoms with Gasteiger partial charge in [0.25, 0.3) is 11.6 Å². The Morgan fingerprint density at radius 1 is 1.25 bits per heavy atom. The Morgan fingerprint density at radius 2 is 2.00 bits per heavy atom. The molecule has 0 aliphatic heterocycles. The van der Waals surface area contributed by atoms with Crippen molar-refractivity contribution >= 4 is 17.3 Å². The molecule has 0 bridgehead atoms. The molecular weight excluding hydrogens is 319 g/mol. The minimum Gasteiger partial charge on any atom is -0.489 e. The molecule has 0 spiro atoms. The van der Waals surface area contributed by atoms with Crippen molar-refractivity contribution in [1.29, 1.82) is 0 Å². The lowest BCUT2D eigenvalue weighted by Crippen LogP contribution is -2.15. The van der Waals surface area contributed by atoms with E-state index in [-0.39, 0.29) is 29.3 Å². The molecule has 0 saturated carbocycles. The van der Waals surface area contributed by atoms with Crippen LogP contribution in [0.3, 0.4) is 0 Å². The van der Waals surface area contributed by atoms with Crippen molar-refractivity contribution in [2.45, 2.75) is 0 Å². The lowest BCUT2D eigenvalue weighted by Gasteiger charge is -2.12. The van der Waals surface area contributed by atoms with Crippen LogP contribution in [0.4, 0.5) is 15.8 Å². The van der Waals surface area contributed by atoms with Crippen LogP contribution < -0.4 is 10.1 Å². The summed E-state index contributed by atoms with van der Waals surface area (Å²) in [6.45, 7) is 0.519. The molecule has 24 heavy (non-hydrogen) atoms. The highest BCUT2D eigenvalue weighted by Crippen LogP contribution is 2.27. The third-order valence-electron chi connectivity index (χ3n) is 3.08. The number of nitrogens with zero attached hydrogens (tertiary/aromatic N) is 1. The van der Waals surface area contributed by atoms with Gasteiger partial charge in [-0.05, 0) is 18.2 Å². The zero-order chi connectivity index (χ0) is 17.5. The van der Waals surface area contributed by atoms with Gasteiger partial charge in [-0.15, -0.1) is 0 Å². The van der Waals surface area contributed by atoms with Gasteiger partial charge in [-0.25, -0.2) is 4.39 Å². The molecule has 7 nitrogen and oxygen atoms in total. The predicted octanol–water partition coefficient (Wildman–Crippen LogP) is 3.01. The Kier molecular flexibility index (Phi) is 5.80. The number of nitrogens with one attached hydrogen (secondary N) is 1. The minimum absolute atomic E-state index is 0.0780. The van der Waals surface area contributed by atoms with Crippen molar-refractivity contribution < 1.29 is 23.6 Å². The highest BCUT2D eigenvalue weighted by molar-refractivity contribution is 6.07. The quantitative estimate of drug-likeness (QED) is 0.477. The molecule has 0 aliphatic rings. The molecule has 1 N–H and O–H groups in total. The largest absolute Gasteiger partial charge is 0.489 e. The first kappa shape index (κ1) is 17.4. The van der Waals surface area contributed by atoms with Crippen molar-refractivity contribution in [3.8, 4) is 5.75 Å². The topological polar surface area (TPSA) is 90.7 Å². The molecule has 126 valence electrons. The Labute approximate surface area is 137 Å². The lowest BCUT2D eigenvalue weighted by molar-refractivity contribution is -0.385. The van der Waals surface area contributed by atoms with Crippen LogP contribution in [0, 0.1) is 15.9 Å². The average Bonchev–Trinajstić information content (AvgIpc) is 2.57. The van der Waals surface area contributed by atoms with Gasteiger partial charge in [0.15, 0.2) is 0 Å². The second-order valence-corrected chi connectivity index (χ2v) is 4.71. The second-order valence-electron chi connectivity index (χ2n) is 4.71. The molecule has 0 saturated heterocycles. The van der Waals surface area contributed by atoms with Crippen molar-refractivity contribution in [3.63, 3.8) is 0 Å². The Hall–Kier alpha value is -3.00. The van der Waals surface area contributed by atoms with Gasteiger partial charge in [0.05, 0.1) is 17.2 Å². The SMILES string of the molecule is COCCOc1ccc(F)cc1NC(=O)c1ccccc1[N+](=O)[O-]. The van der Waals surface area contributed by atoms with Crippen LogP contribution in [0.1, 0.15) is 10.4 Å². The van der Waals surface area contributed by atoms with E-state index < -0.39 is 16.6 Å². The van der Waals surface area contributed by atoms with Gasteiger partial charge in [-0.2, -0.15) is 0 Å². The summed E-state index contributed by atoms with van der Waals surface area (Å²) in [6.07, 6.45) is 0. The number of carbonyl (C=O) groups excluding carboxylic acids is 1. The standard InChI is InChI=1S/C16H15FN2O5/c1-23-8-9-24-15-7-6-11(17)10-13(15)18-16(20)12-4-2-3-5-14(12)19(21)22/h2-7,10H,8-9H2,1H3,(H,18,20). The van der Waals surface area contributed by atoms with E-state index in [1.54, 1.807) is 0 Å². The summed E-state index contributed by atoms with van der Waals surface area (Å²) in [5, 5.41) is 13.4. The maximum Gasteiger partial charge on any atom is 0.282 e. The number of carbonyl (C=O) groups is 1. The number of halogens is 1. The number of benzene rings is 2. The Balaban J connectivity index is 2.25. The third-order valence-corrected chi connectivity index (χ3v) is 3.08. The van der Waals surface area contributed by atoms with E-state index in [1.165, 1.54) is 43.5 Å². The van der Waals surface area contributed by atoms with E-state index in [0.29, 0.717) is 6.61 Å². The van der Waals surface area contributed by atoms with E-state index in [1.807, 2.05) is 0 Å². The van der Waals surface area contributed by atoms with E-state index in [9.17, 15) is 19.3 Å². The van der Waals surface area contributed by atoms with E-state index in [2.05, 4.69) is 5.32 Å². The number of ether oxygens (including phenoxy) is 2. The van der Waals surface area contributed by atoms with Gasteiger partial charge in [0.1, 0.15) is 23.7 Å². The molecule has 0 fully saturated rings. The summed E-state index contributed by atoms with van der Waals surface area (Å²) < 4.78 is 23.7. The highest BCUT2D eigenvalue weighted by atomic mass is 19.1. The van der Waals surface area contributed by atoms with Gasteiger partial charge >= 0.3 is 0 Å². The Morgan fingerprint density at radius 3 is 2.71 bits per heavy atom. The number of nitro benzene ring substituents is 1. The zero-order valence-corrected chi connectivity index (χ0v) is 12.8. The van der Waals surface area contributed by atoms with Gasteiger partial charge in [-0.3, -0.25) is 14.9 Å². The van der Waals surface area contributed by atoms with Gasteiger partial charge < -0.3 is 14.8 Å². The number of rotatable bonds is 7. The molecule has 0 heterocycles. The van der Waals surface area contributed by atoms with Crippen molar-refractivity contribution in [1.82, 2.24) is 0 Å². The van der Waals surface area contributed by atoms with Crippen LogP contribution >= 0.6 is 0 Å². The van der Waals surface area contributed by atoms with Crippen LogP contribution in [-0.4, -0.2) is 31.2 Å². The molecule has 8 heteroatoms. The molecule has 2 rings (SSSR count). The number of hydrogen-bond acceptors (Lipinski definition) is 5. The molecular formula is C16H15FN2O5. The van der Waals surface area contributed by atoms with Crippen LogP contribution in [0.2, 0.25) is 0 Å². The van der Waals surface area contributed by atoms with Gasteiger partial charge in [0.2, 0.25) is 0 Å². The normalized spacial score (nSPS) is 10.2. The monoisotopic (exact) mass is 334 g/mol. The first-order valence-electron chi connectivity index (χ1n) is 6.99. The van der Waals surface area contributed by atoms with Crippen LogP contribution in [0.15, 0.2) is 42.5 Å². The fourth-order valence-electron chi connectivity index (χ4n) is 1.98. The van der Waals surface area contributed by atoms with Crippen LogP contribution in [0.5, 0.6) is 5.75 Å². The van der Waals surface area contributed by atoms with Gasteiger partial charge in [-0.1, -0.05) is 12.1 Å². The molecule has 2 aromatic carbocycles. The number of hydrogen-bond donors (Lipinski definition) is 1. The predicted molar refractivity (Wildman–Crippen MR) is 84.8 cm³/mol. The molecule has 0 aromatic heterocycles. The molecule has 0 atom stereocenters.